The fourth-order valence-electron chi connectivity index (χ4n) is 7.89. The molecule has 2 aromatic carbocycles. The quantitative estimate of drug-likeness (QED) is 0.0358. The minimum Gasteiger partial charge on any atom is -0.550 e. The average molecular weight is 1030 g/mol. The van der Waals surface area contributed by atoms with Gasteiger partial charge in [0.1, 0.15) is 12.2 Å². The molecule has 65 heavy (non-hydrogen) atoms. The molecule has 0 amide bonds. The van der Waals surface area contributed by atoms with E-state index in [4.69, 9.17) is 18.9 Å². The number of hydrogen-bond acceptors (Lipinski definition) is 10. The summed E-state index contributed by atoms with van der Waals surface area (Å²) in [5.74, 6) is -2.30. The van der Waals surface area contributed by atoms with Gasteiger partial charge in [-0.15, -0.1) is 0 Å². The fraction of sp³-hybridized carbons (Fsp3) is 0.704. The van der Waals surface area contributed by atoms with Crippen LogP contribution in [-0.2, 0) is 51.3 Å². The second kappa shape index (κ2) is 44.3. The van der Waals surface area contributed by atoms with Gasteiger partial charge >= 0.3 is 60.8 Å². The third-order valence-corrected chi connectivity index (χ3v) is 11.5. The van der Waals surface area contributed by atoms with Crippen LogP contribution in [0.2, 0.25) is 0 Å². The summed E-state index contributed by atoms with van der Waals surface area (Å²) in [6.45, 7) is 8.50. The molecule has 0 saturated heterocycles. The molecule has 364 valence electrons. The van der Waals surface area contributed by atoms with Gasteiger partial charge in [0.05, 0.1) is 25.4 Å². The molecule has 0 heterocycles. The van der Waals surface area contributed by atoms with E-state index >= 15 is 0 Å². The number of benzene rings is 2. The molecule has 4 atom stereocenters. The average Bonchev–Trinajstić information content (AvgIpc) is 3.27. The van der Waals surface area contributed by atoms with Gasteiger partial charge in [0.2, 0.25) is 0 Å². The van der Waals surface area contributed by atoms with Gasteiger partial charge in [0.25, 0.3) is 0 Å². The molecule has 0 radical (unpaired) electrons. The van der Waals surface area contributed by atoms with Gasteiger partial charge in [-0.2, -0.15) is 0 Å². The zero-order chi connectivity index (χ0) is 46.9. The smallest absolute Gasteiger partial charge is 0.550 e. The van der Waals surface area contributed by atoms with Gasteiger partial charge in [-0.25, -0.2) is 0 Å². The van der Waals surface area contributed by atoms with Crippen LogP contribution in [0, 0.1) is 0 Å². The third kappa shape index (κ3) is 40.6. The van der Waals surface area contributed by atoms with E-state index in [9.17, 15) is 29.4 Å². The van der Waals surface area contributed by atoms with Crippen molar-refractivity contribution in [1.29, 1.82) is 0 Å². The maximum absolute atomic E-state index is 11.3. The zero-order valence-corrected chi connectivity index (χ0v) is 45.5. The summed E-state index contributed by atoms with van der Waals surface area (Å²) < 4.78 is 23.2. The fourth-order valence-corrected chi connectivity index (χ4v) is 7.89. The number of unbranched alkanes of at least 4 members (excludes halogenated alkanes) is 12. The predicted molar refractivity (Wildman–Crippen MR) is 258 cm³/mol. The molecule has 0 saturated carbocycles. The Kier molecular flexibility index (Phi) is 42.8. The van der Waals surface area contributed by atoms with Crippen molar-refractivity contribution in [2.45, 2.75) is 245 Å². The summed E-state index contributed by atoms with van der Waals surface area (Å²) in [5.41, 5.74) is 2.33. The number of aliphatic carboxylic acids is 2. The van der Waals surface area contributed by atoms with Crippen molar-refractivity contribution in [3.63, 3.8) is 0 Å². The van der Waals surface area contributed by atoms with E-state index in [1.165, 1.54) is 26.7 Å². The van der Waals surface area contributed by atoms with Crippen molar-refractivity contribution in [3.8, 4) is 0 Å². The topological polar surface area (TPSA) is 151 Å². The van der Waals surface area contributed by atoms with Crippen LogP contribution in [0.15, 0.2) is 60.7 Å². The first-order valence-corrected chi connectivity index (χ1v) is 25.1. The molecule has 0 aliphatic rings. The maximum Gasteiger partial charge on any atom is 2.00 e. The van der Waals surface area contributed by atoms with E-state index in [2.05, 4.69) is 38.1 Å². The first kappa shape index (κ1) is 62.8. The van der Waals surface area contributed by atoms with E-state index in [0.717, 1.165) is 152 Å². The largest absolute Gasteiger partial charge is 2.00 e. The van der Waals surface area contributed by atoms with Gasteiger partial charge in [0, 0.05) is 25.8 Å². The number of esters is 2. The SMILES string of the molecule is CCCCC(CCCCCCCC(CCCCC(=O)[O-])OCc1ccccc1)OC(C)=O.CCCCC(CCCCCCCC(CCCCC(=O)[O-])OCc1ccccc1)OC(C)=O.[Ba+2]. The summed E-state index contributed by atoms with van der Waals surface area (Å²) in [7, 11) is 0. The zero-order valence-electron chi connectivity index (χ0n) is 41.1. The minimum absolute atomic E-state index is 0. The summed E-state index contributed by atoms with van der Waals surface area (Å²) in [4.78, 5) is 43.8. The number of carboxylic acid groups (broad SMARTS) is 2. The number of hydrogen-bond donors (Lipinski definition) is 0. The van der Waals surface area contributed by atoms with Crippen LogP contribution in [-0.4, -0.2) is 97.2 Å². The van der Waals surface area contributed by atoms with Crippen molar-refractivity contribution >= 4 is 72.8 Å². The van der Waals surface area contributed by atoms with Crippen molar-refractivity contribution in [1.82, 2.24) is 0 Å². The van der Waals surface area contributed by atoms with Crippen molar-refractivity contribution in [2.75, 3.05) is 0 Å². The molecule has 2 rings (SSSR count). The van der Waals surface area contributed by atoms with E-state index in [1.54, 1.807) is 0 Å². The van der Waals surface area contributed by atoms with Gasteiger partial charge in [0.15, 0.2) is 0 Å². The van der Waals surface area contributed by atoms with E-state index in [-0.39, 0.29) is 98.1 Å². The number of rotatable bonds is 40. The first-order chi connectivity index (χ1) is 31.0. The summed E-state index contributed by atoms with van der Waals surface area (Å²) in [6.07, 6.45) is 27.2. The predicted octanol–water partition coefficient (Wildman–Crippen LogP) is 11.1. The Morgan fingerprint density at radius 3 is 0.985 bits per heavy atom. The number of carboxylic acids is 2. The number of carbonyl (C=O) groups excluding carboxylic acids is 4. The Morgan fingerprint density at radius 1 is 0.415 bits per heavy atom. The molecule has 0 aromatic heterocycles. The van der Waals surface area contributed by atoms with Crippen LogP contribution in [0.5, 0.6) is 0 Å². The Hall–Kier alpha value is -2.19. The monoisotopic (exact) mass is 1030 g/mol. The molecule has 0 spiro atoms. The molecule has 0 fully saturated rings. The van der Waals surface area contributed by atoms with Crippen LogP contribution in [0.3, 0.4) is 0 Å². The molecular formula is C54H86BaO10. The molecule has 0 N–H and O–H groups in total. The number of ether oxygens (including phenoxy) is 4. The summed E-state index contributed by atoms with van der Waals surface area (Å²) in [5, 5.41) is 21.3. The molecule has 0 bridgehead atoms. The first-order valence-electron chi connectivity index (χ1n) is 25.1. The second-order valence-corrected chi connectivity index (χ2v) is 17.5. The molecule has 0 aliphatic carbocycles. The van der Waals surface area contributed by atoms with Gasteiger partial charge < -0.3 is 38.7 Å². The van der Waals surface area contributed by atoms with Crippen molar-refractivity contribution in [3.05, 3.63) is 71.8 Å². The van der Waals surface area contributed by atoms with E-state index in [0.29, 0.717) is 26.1 Å². The van der Waals surface area contributed by atoms with Crippen LogP contribution < -0.4 is 10.2 Å². The van der Waals surface area contributed by atoms with Gasteiger partial charge in [-0.3, -0.25) is 9.59 Å². The normalized spacial score (nSPS) is 12.7. The van der Waals surface area contributed by atoms with Crippen LogP contribution in [0.4, 0.5) is 0 Å². The molecule has 10 nitrogen and oxygen atoms in total. The number of carbonyl (C=O) groups is 4. The third-order valence-electron chi connectivity index (χ3n) is 11.5. The van der Waals surface area contributed by atoms with Gasteiger partial charge in [-0.05, 0) is 101 Å². The Bertz CT molecular complexity index is 1320. The summed E-state index contributed by atoms with van der Waals surface area (Å²) >= 11 is 0. The maximum atomic E-state index is 11.3. The van der Waals surface area contributed by atoms with Crippen LogP contribution in [0.1, 0.15) is 219 Å². The second-order valence-electron chi connectivity index (χ2n) is 17.5. The summed E-state index contributed by atoms with van der Waals surface area (Å²) in [6, 6.07) is 20.3. The van der Waals surface area contributed by atoms with Crippen molar-refractivity contribution in [2.24, 2.45) is 0 Å². The molecule has 2 aromatic rings. The van der Waals surface area contributed by atoms with Crippen molar-refractivity contribution < 1.29 is 48.3 Å². The molecule has 0 aliphatic heterocycles. The molecule has 11 heteroatoms. The van der Waals surface area contributed by atoms with Crippen LogP contribution >= 0.6 is 0 Å². The Morgan fingerprint density at radius 2 is 0.692 bits per heavy atom. The van der Waals surface area contributed by atoms with E-state index < -0.39 is 11.9 Å². The Labute approximate surface area is 434 Å². The minimum atomic E-state index is -0.975. The van der Waals surface area contributed by atoms with Crippen LogP contribution in [0.25, 0.3) is 0 Å². The standard InChI is InChI=1S/2C27H44O5.Ba/c2*1-3-4-17-26(32-23(2)28)20-12-7-5-6-11-18-25(19-13-14-21-27(29)30)31-22-24-15-9-8-10-16-24;/h2*8-10,15-16,25-26H,3-7,11-14,17-22H2,1-2H3,(H,29,30);/q;;+2/p-2. The molecule has 4 unspecified atom stereocenters. The van der Waals surface area contributed by atoms with E-state index in [1.807, 2.05) is 36.4 Å². The van der Waals surface area contributed by atoms with Gasteiger partial charge in [-0.1, -0.05) is 164 Å². The molecular weight excluding hydrogens is 946 g/mol. The Balaban J connectivity index is 0.00000124.